The van der Waals surface area contributed by atoms with Crippen LogP contribution in [0.4, 0.5) is 10.2 Å². The SMILES string of the molecule is CCc1ncc(C[n+]2csc(CCF)c2C)c(N)n1.[Cl-]. The minimum atomic E-state index is -0.322. The van der Waals surface area contributed by atoms with E-state index in [9.17, 15) is 4.39 Å². The Morgan fingerprint density at radius 2 is 2.20 bits per heavy atom. The molecule has 0 bridgehead atoms. The van der Waals surface area contributed by atoms with Gasteiger partial charge >= 0.3 is 0 Å². The second kappa shape index (κ2) is 7.50. The smallest absolute Gasteiger partial charge is 0.225 e. The van der Waals surface area contributed by atoms with E-state index >= 15 is 0 Å². The summed E-state index contributed by atoms with van der Waals surface area (Å²) in [5.41, 5.74) is 9.92. The summed E-state index contributed by atoms with van der Waals surface area (Å²) in [6.45, 7) is 4.30. The summed E-state index contributed by atoms with van der Waals surface area (Å²) in [7, 11) is 0. The summed E-state index contributed by atoms with van der Waals surface area (Å²) < 4.78 is 14.5. The molecule has 0 aliphatic heterocycles. The molecule has 2 N–H and O–H groups in total. The minimum absolute atomic E-state index is 0. The van der Waals surface area contributed by atoms with Crippen LogP contribution in [0.15, 0.2) is 11.7 Å². The quantitative estimate of drug-likeness (QED) is 0.708. The average Bonchev–Trinajstić information content (AvgIpc) is 2.74. The predicted octanol–water partition coefficient (Wildman–Crippen LogP) is -1.16. The van der Waals surface area contributed by atoms with Gasteiger partial charge in [-0.3, -0.25) is 4.39 Å². The summed E-state index contributed by atoms with van der Waals surface area (Å²) in [6.07, 6.45) is 3.03. The lowest BCUT2D eigenvalue weighted by Gasteiger charge is -2.03. The molecule has 110 valence electrons. The first-order chi connectivity index (χ1) is 9.15. The first-order valence-corrected chi connectivity index (χ1v) is 7.16. The van der Waals surface area contributed by atoms with Crippen LogP contribution in [-0.2, 0) is 19.4 Å². The zero-order valence-corrected chi connectivity index (χ0v) is 13.1. The highest BCUT2D eigenvalue weighted by Crippen LogP contribution is 2.14. The van der Waals surface area contributed by atoms with Gasteiger partial charge in [0.25, 0.3) is 0 Å². The highest BCUT2D eigenvalue weighted by molar-refractivity contribution is 7.09. The van der Waals surface area contributed by atoms with Gasteiger partial charge in [0.1, 0.15) is 11.6 Å². The number of alkyl halides is 1. The number of aromatic nitrogens is 3. The van der Waals surface area contributed by atoms with Gasteiger partial charge in [-0.2, -0.15) is 4.57 Å². The van der Waals surface area contributed by atoms with E-state index in [1.165, 1.54) is 0 Å². The van der Waals surface area contributed by atoms with Crippen molar-refractivity contribution in [2.45, 2.75) is 33.2 Å². The summed E-state index contributed by atoms with van der Waals surface area (Å²) in [4.78, 5) is 9.60. The van der Waals surface area contributed by atoms with Crippen molar-refractivity contribution in [1.29, 1.82) is 0 Å². The lowest BCUT2D eigenvalue weighted by atomic mass is 10.2. The molecule has 0 fully saturated rings. The van der Waals surface area contributed by atoms with Crippen molar-refractivity contribution < 1.29 is 21.4 Å². The number of hydrogen-bond donors (Lipinski definition) is 1. The maximum Gasteiger partial charge on any atom is 0.225 e. The van der Waals surface area contributed by atoms with E-state index in [4.69, 9.17) is 5.73 Å². The molecule has 0 aromatic carbocycles. The largest absolute Gasteiger partial charge is 1.00 e. The van der Waals surface area contributed by atoms with Gasteiger partial charge in [0, 0.05) is 26.0 Å². The van der Waals surface area contributed by atoms with Gasteiger partial charge in [-0.25, -0.2) is 9.97 Å². The van der Waals surface area contributed by atoms with Crippen LogP contribution in [0.3, 0.4) is 0 Å². The number of hydrogen-bond acceptors (Lipinski definition) is 4. The number of halogens is 2. The molecule has 7 heteroatoms. The molecule has 2 aromatic heterocycles. The molecule has 0 amide bonds. The Labute approximate surface area is 128 Å². The molecule has 20 heavy (non-hydrogen) atoms. The molecule has 0 saturated heterocycles. The lowest BCUT2D eigenvalue weighted by Crippen LogP contribution is -3.00. The molecule has 0 aliphatic rings. The van der Waals surface area contributed by atoms with Crippen LogP contribution >= 0.6 is 11.3 Å². The number of aryl methyl sites for hydroxylation is 2. The van der Waals surface area contributed by atoms with Crippen LogP contribution in [0.2, 0.25) is 0 Å². The van der Waals surface area contributed by atoms with E-state index in [1.807, 2.05) is 19.4 Å². The van der Waals surface area contributed by atoms with E-state index < -0.39 is 0 Å². The Morgan fingerprint density at radius 3 is 2.80 bits per heavy atom. The number of thiazole rings is 1. The molecular formula is C13H18ClFN4S. The molecule has 0 saturated carbocycles. The average molecular weight is 317 g/mol. The monoisotopic (exact) mass is 316 g/mol. The zero-order valence-electron chi connectivity index (χ0n) is 11.6. The molecular weight excluding hydrogens is 299 g/mol. The van der Waals surface area contributed by atoms with Gasteiger partial charge in [-0.05, 0) is 0 Å². The molecule has 0 radical (unpaired) electrons. The van der Waals surface area contributed by atoms with Crippen LogP contribution in [-0.4, -0.2) is 16.6 Å². The van der Waals surface area contributed by atoms with Gasteiger partial charge in [-0.1, -0.05) is 18.3 Å². The third-order valence-electron chi connectivity index (χ3n) is 3.08. The van der Waals surface area contributed by atoms with Crippen molar-refractivity contribution in [2.24, 2.45) is 0 Å². The molecule has 2 aromatic rings. The number of rotatable bonds is 5. The minimum Gasteiger partial charge on any atom is -1.00 e. The summed E-state index contributed by atoms with van der Waals surface area (Å²) in [6, 6.07) is 0. The fraction of sp³-hybridized carbons (Fsp3) is 0.462. The first-order valence-electron chi connectivity index (χ1n) is 6.28. The predicted molar refractivity (Wildman–Crippen MR) is 73.9 cm³/mol. The van der Waals surface area contributed by atoms with Gasteiger partial charge < -0.3 is 18.1 Å². The Kier molecular flexibility index (Phi) is 6.29. The molecule has 2 heterocycles. The van der Waals surface area contributed by atoms with Crippen LogP contribution in [0.5, 0.6) is 0 Å². The van der Waals surface area contributed by atoms with Gasteiger partial charge in [-0.15, -0.1) is 0 Å². The number of nitrogens with zero attached hydrogens (tertiary/aromatic N) is 3. The summed E-state index contributed by atoms with van der Waals surface area (Å²) >= 11 is 1.57. The van der Waals surface area contributed by atoms with Gasteiger partial charge in [0.05, 0.1) is 17.1 Å². The van der Waals surface area contributed by atoms with E-state index in [0.717, 1.165) is 28.4 Å². The molecule has 0 aliphatic carbocycles. The second-order valence-electron chi connectivity index (χ2n) is 4.35. The molecule has 0 unspecified atom stereocenters. The summed E-state index contributed by atoms with van der Waals surface area (Å²) in [5, 5.41) is 0. The van der Waals surface area contributed by atoms with Crippen molar-refractivity contribution in [3.05, 3.63) is 33.7 Å². The van der Waals surface area contributed by atoms with Crippen molar-refractivity contribution >= 4 is 17.2 Å². The number of nitrogens with two attached hydrogens (primary N) is 1. The van der Waals surface area contributed by atoms with Crippen LogP contribution in [0.25, 0.3) is 0 Å². The Balaban J connectivity index is 0.00000200. The van der Waals surface area contributed by atoms with Crippen LogP contribution in [0, 0.1) is 6.92 Å². The number of nitrogen functional groups attached to an aromatic ring is 1. The highest BCUT2D eigenvalue weighted by Gasteiger charge is 2.17. The van der Waals surface area contributed by atoms with Crippen LogP contribution < -0.4 is 22.7 Å². The second-order valence-corrected chi connectivity index (χ2v) is 5.29. The number of anilines is 1. The van der Waals surface area contributed by atoms with Crippen molar-refractivity contribution in [3.63, 3.8) is 0 Å². The van der Waals surface area contributed by atoms with E-state index in [0.29, 0.717) is 18.8 Å². The maximum atomic E-state index is 12.4. The molecule has 0 atom stereocenters. The Morgan fingerprint density at radius 1 is 1.45 bits per heavy atom. The fourth-order valence-electron chi connectivity index (χ4n) is 1.87. The zero-order chi connectivity index (χ0) is 13.8. The lowest BCUT2D eigenvalue weighted by molar-refractivity contribution is -0.689. The maximum absolute atomic E-state index is 12.4. The summed E-state index contributed by atoms with van der Waals surface area (Å²) in [5.74, 6) is 1.28. The third kappa shape index (κ3) is 3.64. The Hall–Kier alpha value is -1.27. The van der Waals surface area contributed by atoms with Gasteiger partial charge in [0.2, 0.25) is 5.51 Å². The topological polar surface area (TPSA) is 55.7 Å². The highest BCUT2D eigenvalue weighted by atomic mass is 35.5. The Bertz CT molecular complexity index is 573. The van der Waals surface area contributed by atoms with Crippen molar-refractivity contribution in [1.82, 2.24) is 9.97 Å². The van der Waals surface area contributed by atoms with E-state index in [-0.39, 0.29) is 19.1 Å². The fourth-order valence-corrected chi connectivity index (χ4v) is 2.84. The van der Waals surface area contributed by atoms with E-state index in [2.05, 4.69) is 14.5 Å². The van der Waals surface area contributed by atoms with E-state index in [1.54, 1.807) is 17.5 Å². The molecule has 2 rings (SSSR count). The van der Waals surface area contributed by atoms with Crippen LogP contribution in [0.1, 0.15) is 28.9 Å². The van der Waals surface area contributed by atoms with Gasteiger partial charge in [0.15, 0.2) is 12.2 Å². The molecule has 0 spiro atoms. The normalized spacial score (nSPS) is 10.3. The first kappa shape index (κ1) is 16.8. The standard InChI is InChI=1S/C13H18FN4S.ClH/c1-3-12-16-6-10(13(15)17-12)7-18-8-19-11(4-5-14)9(18)2;/h6,8H,3-5,7H2,1-2H3,(H2,15,16,17);1H/q+1;/p-1. The third-order valence-corrected chi connectivity index (χ3v) is 4.23. The van der Waals surface area contributed by atoms with Crippen molar-refractivity contribution in [2.75, 3.05) is 12.4 Å². The molecule has 4 nitrogen and oxygen atoms in total. The van der Waals surface area contributed by atoms with Crippen molar-refractivity contribution in [3.8, 4) is 0 Å².